The Morgan fingerprint density at radius 1 is 1.08 bits per heavy atom. The van der Waals surface area contributed by atoms with Crippen LogP contribution in [0.1, 0.15) is 5.69 Å². The van der Waals surface area contributed by atoms with Crippen LogP contribution in [0.2, 0.25) is 5.02 Å². The van der Waals surface area contributed by atoms with Crippen molar-refractivity contribution in [2.24, 2.45) is 0 Å². The molecule has 0 spiro atoms. The van der Waals surface area contributed by atoms with Gasteiger partial charge in [-0.3, -0.25) is 0 Å². The van der Waals surface area contributed by atoms with Crippen molar-refractivity contribution in [2.75, 3.05) is 0 Å². The maximum atomic E-state index is 12.7. The molecule has 0 amide bonds. The number of halogens is 7. The topological polar surface area (TPSA) is 61.2 Å². The second-order valence-corrected chi connectivity index (χ2v) is 6.16. The average Bonchev–Trinajstić information content (AvgIpc) is 2.81. The van der Waals surface area contributed by atoms with Gasteiger partial charge in [-0.15, -0.1) is 0 Å². The van der Waals surface area contributed by atoms with Crippen LogP contribution in [0.25, 0.3) is 5.69 Å². The molecule has 1 aromatic heterocycles. The summed E-state index contributed by atoms with van der Waals surface area (Å²) < 4.78 is 101. The van der Waals surface area contributed by atoms with Gasteiger partial charge in [-0.2, -0.15) is 44.5 Å². The van der Waals surface area contributed by atoms with E-state index in [1.54, 1.807) is 0 Å². The highest BCUT2D eigenvalue weighted by Gasteiger charge is 2.49. The van der Waals surface area contributed by atoms with Crippen LogP contribution in [0, 0.1) is 0 Å². The Balaban J connectivity index is 2.63. The predicted molar refractivity (Wildman–Crippen MR) is 69.2 cm³/mol. The molecule has 5 nitrogen and oxygen atoms in total. The summed E-state index contributed by atoms with van der Waals surface area (Å²) in [5.74, 6) is -1.31. The zero-order chi connectivity index (χ0) is 18.3. The van der Waals surface area contributed by atoms with Gasteiger partial charge in [0.25, 0.3) is 0 Å². The molecule has 1 heterocycles. The van der Waals surface area contributed by atoms with Gasteiger partial charge in [0.1, 0.15) is 0 Å². The lowest BCUT2D eigenvalue weighted by Gasteiger charge is -2.11. The standard InChI is InChI=1S/C11H5ClF6N2O3S/c12-6-3-1-2-4-7(6)20-9(5-8(19-20)10(13,14)15)23-24(21,22)11(16,17)18/h1-5H. The first kappa shape index (κ1) is 18.4. The summed E-state index contributed by atoms with van der Waals surface area (Å²) in [5, 5.41) is 2.84. The molecule has 0 fully saturated rings. The number of hydrogen-bond acceptors (Lipinski definition) is 4. The summed E-state index contributed by atoms with van der Waals surface area (Å²) in [4.78, 5) is 0. The van der Waals surface area contributed by atoms with Crippen LogP contribution in [0.3, 0.4) is 0 Å². The molecule has 24 heavy (non-hydrogen) atoms. The molecule has 1 aromatic carbocycles. The van der Waals surface area contributed by atoms with Crippen molar-refractivity contribution in [3.8, 4) is 11.6 Å². The molecule has 0 radical (unpaired) electrons. The van der Waals surface area contributed by atoms with Gasteiger partial charge in [-0.25, -0.2) is 0 Å². The molecule has 132 valence electrons. The molecule has 0 aliphatic heterocycles. The largest absolute Gasteiger partial charge is 0.534 e. The number of hydrogen-bond donors (Lipinski definition) is 0. The molecule has 13 heteroatoms. The maximum absolute atomic E-state index is 12.7. The minimum atomic E-state index is -6.20. The van der Waals surface area contributed by atoms with Gasteiger partial charge < -0.3 is 4.18 Å². The van der Waals surface area contributed by atoms with Crippen molar-refractivity contribution >= 4 is 21.7 Å². The third kappa shape index (κ3) is 3.59. The zero-order valence-electron chi connectivity index (χ0n) is 11.1. The molecule has 0 saturated heterocycles. The van der Waals surface area contributed by atoms with E-state index in [2.05, 4.69) is 9.28 Å². The van der Waals surface area contributed by atoms with Crippen LogP contribution >= 0.6 is 11.6 Å². The van der Waals surface area contributed by atoms with Crippen molar-refractivity contribution in [3.63, 3.8) is 0 Å². The van der Waals surface area contributed by atoms with E-state index in [9.17, 15) is 34.8 Å². The Bertz CT molecular complexity index is 859. The maximum Gasteiger partial charge on any atom is 0.534 e. The number of para-hydroxylation sites is 1. The summed E-state index contributed by atoms with van der Waals surface area (Å²) in [5.41, 5.74) is -7.79. The van der Waals surface area contributed by atoms with Crippen LogP contribution in [0.15, 0.2) is 30.3 Å². The number of benzene rings is 1. The summed E-state index contributed by atoms with van der Waals surface area (Å²) in [7, 11) is -6.20. The first-order valence-electron chi connectivity index (χ1n) is 5.76. The molecule has 0 bridgehead atoms. The fraction of sp³-hybridized carbons (Fsp3) is 0.182. The van der Waals surface area contributed by atoms with Gasteiger partial charge in [0.05, 0.1) is 10.7 Å². The second kappa shape index (κ2) is 5.84. The van der Waals surface area contributed by atoms with Gasteiger partial charge in [0.15, 0.2) is 5.69 Å². The Hall–Kier alpha value is -1.95. The molecular formula is C11H5ClF6N2O3S. The Morgan fingerprint density at radius 3 is 2.17 bits per heavy atom. The first-order chi connectivity index (χ1) is 10.8. The van der Waals surface area contributed by atoms with Gasteiger partial charge in [-0.05, 0) is 12.1 Å². The van der Waals surface area contributed by atoms with Crippen molar-refractivity contribution in [1.82, 2.24) is 9.78 Å². The zero-order valence-corrected chi connectivity index (χ0v) is 12.6. The normalized spacial score (nSPS) is 13.1. The van der Waals surface area contributed by atoms with E-state index >= 15 is 0 Å². The number of alkyl halides is 6. The van der Waals surface area contributed by atoms with Crippen LogP contribution in [0.4, 0.5) is 26.3 Å². The molecule has 0 aliphatic carbocycles. The number of nitrogens with zero attached hydrogens (tertiary/aromatic N) is 2. The molecule has 2 aromatic rings. The van der Waals surface area contributed by atoms with E-state index in [1.165, 1.54) is 18.2 Å². The van der Waals surface area contributed by atoms with E-state index in [-0.39, 0.29) is 21.5 Å². The highest BCUT2D eigenvalue weighted by Crippen LogP contribution is 2.35. The van der Waals surface area contributed by atoms with Crippen LogP contribution in [0.5, 0.6) is 5.88 Å². The fourth-order valence-corrected chi connectivity index (χ4v) is 2.17. The second-order valence-electron chi connectivity index (χ2n) is 4.21. The van der Waals surface area contributed by atoms with Crippen molar-refractivity contribution in [2.45, 2.75) is 11.7 Å². The minimum Gasteiger partial charge on any atom is -0.355 e. The van der Waals surface area contributed by atoms with E-state index in [1.807, 2.05) is 0 Å². The molecule has 0 N–H and O–H groups in total. The number of aromatic nitrogens is 2. The van der Waals surface area contributed by atoms with Gasteiger partial charge in [-0.1, -0.05) is 23.7 Å². The van der Waals surface area contributed by atoms with Crippen LogP contribution < -0.4 is 4.18 Å². The lowest BCUT2D eigenvalue weighted by Crippen LogP contribution is -2.28. The lowest BCUT2D eigenvalue weighted by atomic mass is 10.3. The number of rotatable bonds is 3. The molecule has 2 rings (SSSR count). The Labute approximate surface area is 135 Å². The Morgan fingerprint density at radius 2 is 1.67 bits per heavy atom. The summed E-state index contributed by atoms with van der Waals surface area (Å²) in [6, 6.07) is 5.05. The van der Waals surface area contributed by atoms with Gasteiger partial charge in [0, 0.05) is 6.07 Å². The fourth-order valence-electron chi connectivity index (χ4n) is 1.52. The predicted octanol–water partition coefficient (Wildman–Crippen LogP) is 3.77. The quantitative estimate of drug-likeness (QED) is 0.452. The molecule has 0 unspecified atom stereocenters. The summed E-state index contributed by atoms with van der Waals surface area (Å²) in [6.07, 6.45) is -5.05. The van der Waals surface area contributed by atoms with E-state index in [4.69, 9.17) is 11.6 Å². The van der Waals surface area contributed by atoms with Crippen LogP contribution in [-0.4, -0.2) is 23.7 Å². The smallest absolute Gasteiger partial charge is 0.355 e. The molecule has 0 aliphatic rings. The Kier molecular flexibility index (Phi) is 4.48. The van der Waals surface area contributed by atoms with Crippen molar-refractivity contribution in [3.05, 3.63) is 41.0 Å². The monoisotopic (exact) mass is 394 g/mol. The van der Waals surface area contributed by atoms with Crippen LogP contribution in [-0.2, 0) is 16.3 Å². The van der Waals surface area contributed by atoms with E-state index in [0.29, 0.717) is 0 Å². The third-order valence-corrected chi connectivity index (χ3v) is 3.80. The van der Waals surface area contributed by atoms with E-state index < -0.39 is 33.4 Å². The highest BCUT2D eigenvalue weighted by atomic mass is 35.5. The van der Waals surface area contributed by atoms with Crippen molar-refractivity contribution < 1.29 is 38.9 Å². The van der Waals surface area contributed by atoms with E-state index in [0.717, 1.165) is 6.07 Å². The average molecular weight is 395 g/mol. The SMILES string of the molecule is O=S(=O)(Oc1cc(C(F)(F)F)nn1-c1ccccc1Cl)C(F)(F)F. The lowest BCUT2D eigenvalue weighted by molar-refractivity contribution is -0.141. The highest BCUT2D eigenvalue weighted by molar-refractivity contribution is 7.87. The van der Waals surface area contributed by atoms with Crippen molar-refractivity contribution in [1.29, 1.82) is 0 Å². The first-order valence-corrected chi connectivity index (χ1v) is 7.54. The molecular weight excluding hydrogens is 390 g/mol. The summed E-state index contributed by atoms with van der Waals surface area (Å²) in [6.45, 7) is 0. The van der Waals surface area contributed by atoms with Gasteiger partial charge in [0.2, 0.25) is 5.88 Å². The minimum absolute atomic E-state index is 0.0205. The molecule has 0 atom stereocenters. The molecule has 0 saturated carbocycles. The third-order valence-electron chi connectivity index (χ3n) is 2.53. The van der Waals surface area contributed by atoms with Gasteiger partial charge >= 0.3 is 21.8 Å². The summed E-state index contributed by atoms with van der Waals surface area (Å²) >= 11 is 5.75.